The SMILES string of the molecule is N#Cc1cccc(OCCCCC(=O)NCCNC(=O)c2cccnc2)c1. The number of benzene rings is 1. The minimum absolute atomic E-state index is 0.0582. The number of nitriles is 1. The molecule has 0 fully saturated rings. The number of nitrogens with one attached hydrogen (secondary N) is 2. The largest absolute Gasteiger partial charge is 0.494 e. The molecular formula is C20H22N4O3. The Morgan fingerprint density at radius 3 is 2.74 bits per heavy atom. The van der Waals surface area contributed by atoms with Crippen molar-refractivity contribution in [3.05, 3.63) is 59.9 Å². The fourth-order valence-corrected chi connectivity index (χ4v) is 2.30. The number of hydrogen-bond donors (Lipinski definition) is 2. The molecule has 0 aliphatic rings. The minimum Gasteiger partial charge on any atom is -0.494 e. The van der Waals surface area contributed by atoms with Crippen LogP contribution in [0.15, 0.2) is 48.8 Å². The van der Waals surface area contributed by atoms with Crippen LogP contribution in [0.5, 0.6) is 5.75 Å². The van der Waals surface area contributed by atoms with Crippen LogP contribution in [-0.2, 0) is 4.79 Å². The Kier molecular flexibility index (Phi) is 8.31. The molecule has 7 heteroatoms. The first-order chi connectivity index (χ1) is 13.2. The van der Waals surface area contributed by atoms with E-state index in [1.165, 1.54) is 6.20 Å². The first-order valence-corrected chi connectivity index (χ1v) is 8.77. The number of carbonyl (C=O) groups is 2. The van der Waals surface area contributed by atoms with Gasteiger partial charge < -0.3 is 15.4 Å². The summed E-state index contributed by atoms with van der Waals surface area (Å²) in [6.07, 6.45) is 4.93. The lowest BCUT2D eigenvalue weighted by molar-refractivity contribution is -0.121. The van der Waals surface area contributed by atoms with E-state index in [-0.39, 0.29) is 11.8 Å². The molecule has 0 saturated carbocycles. The van der Waals surface area contributed by atoms with E-state index in [4.69, 9.17) is 10.00 Å². The number of hydrogen-bond acceptors (Lipinski definition) is 5. The van der Waals surface area contributed by atoms with Crippen LogP contribution >= 0.6 is 0 Å². The molecule has 27 heavy (non-hydrogen) atoms. The number of pyridine rings is 1. The van der Waals surface area contributed by atoms with Crippen molar-refractivity contribution in [1.29, 1.82) is 5.26 Å². The van der Waals surface area contributed by atoms with Gasteiger partial charge in [-0.3, -0.25) is 14.6 Å². The van der Waals surface area contributed by atoms with Crippen molar-refractivity contribution in [2.45, 2.75) is 19.3 Å². The molecule has 2 amide bonds. The van der Waals surface area contributed by atoms with Crippen LogP contribution in [0.25, 0.3) is 0 Å². The van der Waals surface area contributed by atoms with Crippen molar-refractivity contribution in [3.63, 3.8) is 0 Å². The maximum absolute atomic E-state index is 11.8. The van der Waals surface area contributed by atoms with Crippen LogP contribution < -0.4 is 15.4 Å². The second-order valence-electron chi connectivity index (χ2n) is 5.79. The summed E-state index contributed by atoms with van der Waals surface area (Å²) in [7, 11) is 0. The molecule has 1 heterocycles. The van der Waals surface area contributed by atoms with Gasteiger partial charge >= 0.3 is 0 Å². The highest BCUT2D eigenvalue weighted by atomic mass is 16.5. The van der Waals surface area contributed by atoms with Gasteiger partial charge in [0, 0.05) is 31.9 Å². The molecule has 2 N–H and O–H groups in total. The van der Waals surface area contributed by atoms with E-state index in [1.807, 2.05) is 0 Å². The van der Waals surface area contributed by atoms with Gasteiger partial charge in [0.1, 0.15) is 5.75 Å². The molecule has 7 nitrogen and oxygen atoms in total. The maximum Gasteiger partial charge on any atom is 0.252 e. The molecule has 140 valence electrons. The van der Waals surface area contributed by atoms with E-state index in [1.54, 1.807) is 42.6 Å². The molecular weight excluding hydrogens is 344 g/mol. The summed E-state index contributed by atoms with van der Waals surface area (Å²) in [5, 5.41) is 14.3. The summed E-state index contributed by atoms with van der Waals surface area (Å²) in [6.45, 7) is 1.23. The van der Waals surface area contributed by atoms with Crippen LogP contribution in [0.3, 0.4) is 0 Å². The summed E-state index contributed by atoms with van der Waals surface area (Å²) in [5.74, 6) is 0.384. The molecule has 0 radical (unpaired) electrons. The standard InChI is InChI=1S/C20H22N4O3/c21-14-16-5-3-7-18(13-16)27-12-2-1-8-19(25)23-10-11-24-20(26)17-6-4-9-22-15-17/h3-7,9,13,15H,1-2,8,10-12H2,(H,23,25)(H,24,26). The van der Waals surface area contributed by atoms with E-state index >= 15 is 0 Å². The number of nitrogens with zero attached hydrogens (tertiary/aromatic N) is 2. The van der Waals surface area contributed by atoms with Gasteiger partial charge in [0.2, 0.25) is 5.91 Å². The van der Waals surface area contributed by atoms with Crippen molar-refractivity contribution >= 4 is 11.8 Å². The minimum atomic E-state index is -0.213. The number of carbonyl (C=O) groups excluding carboxylic acids is 2. The Morgan fingerprint density at radius 2 is 1.96 bits per heavy atom. The fourth-order valence-electron chi connectivity index (χ4n) is 2.30. The fraction of sp³-hybridized carbons (Fsp3) is 0.300. The lowest BCUT2D eigenvalue weighted by atomic mass is 10.2. The van der Waals surface area contributed by atoms with Crippen molar-refractivity contribution in [3.8, 4) is 11.8 Å². The smallest absolute Gasteiger partial charge is 0.252 e. The van der Waals surface area contributed by atoms with Crippen molar-refractivity contribution in [2.24, 2.45) is 0 Å². The third-order valence-electron chi connectivity index (χ3n) is 3.69. The van der Waals surface area contributed by atoms with Gasteiger partial charge in [0.25, 0.3) is 5.91 Å². The second kappa shape index (κ2) is 11.3. The van der Waals surface area contributed by atoms with E-state index < -0.39 is 0 Å². The van der Waals surface area contributed by atoms with E-state index in [9.17, 15) is 9.59 Å². The molecule has 2 rings (SSSR count). The summed E-state index contributed by atoms with van der Waals surface area (Å²) in [4.78, 5) is 27.4. The summed E-state index contributed by atoms with van der Waals surface area (Å²) in [6, 6.07) is 12.4. The van der Waals surface area contributed by atoms with Crippen molar-refractivity contribution in [2.75, 3.05) is 19.7 Å². The van der Waals surface area contributed by atoms with Gasteiger partial charge in [-0.25, -0.2) is 0 Å². The predicted molar refractivity (Wildman–Crippen MR) is 100 cm³/mol. The second-order valence-corrected chi connectivity index (χ2v) is 5.79. The number of aromatic nitrogens is 1. The average Bonchev–Trinajstić information content (AvgIpc) is 2.71. The van der Waals surface area contributed by atoms with Crippen molar-refractivity contribution in [1.82, 2.24) is 15.6 Å². The van der Waals surface area contributed by atoms with Gasteiger partial charge in [-0.1, -0.05) is 6.07 Å². The molecule has 0 saturated heterocycles. The molecule has 0 atom stereocenters. The predicted octanol–water partition coefficient (Wildman–Crippen LogP) is 2.05. The summed E-state index contributed by atoms with van der Waals surface area (Å²) in [5.41, 5.74) is 1.05. The van der Waals surface area contributed by atoms with Crippen molar-refractivity contribution < 1.29 is 14.3 Å². The van der Waals surface area contributed by atoms with Crippen LogP contribution in [0.4, 0.5) is 0 Å². The zero-order chi connectivity index (χ0) is 19.3. The quantitative estimate of drug-likeness (QED) is 0.626. The molecule has 0 aliphatic carbocycles. The normalized spacial score (nSPS) is 9.89. The maximum atomic E-state index is 11.8. The highest BCUT2D eigenvalue weighted by Crippen LogP contribution is 2.13. The van der Waals surface area contributed by atoms with Gasteiger partial charge in [-0.2, -0.15) is 5.26 Å². The van der Waals surface area contributed by atoms with Gasteiger partial charge in [-0.05, 0) is 43.2 Å². The lowest BCUT2D eigenvalue weighted by Crippen LogP contribution is -2.34. The third-order valence-corrected chi connectivity index (χ3v) is 3.69. The molecule has 1 aromatic heterocycles. The highest BCUT2D eigenvalue weighted by molar-refractivity contribution is 5.93. The first-order valence-electron chi connectivity index (χ1n) is 8.77. The van der Waals surface area contributed by atoms with Gasteiger partial charge in [0.05, 0.1) is 23.8 Å². The molecule has 0 bridgehead atoms. The summed E-state index contributed by atoms with van der Waals surface area (Å²) >= 11 is 0. The number of rotatable bonds is 10. The van der Waals surface area contributed by atoms with E-state index in [0.717, 1.165) is 6.42 Å². The van der Waals surface area contributed by atoms with E-state index in [2.05, 4.69) is 21.7 Å². The van der Waals surface area contributed by atoms with Gasteiger partial charge in [0.15, 0.2) is 0 Å². The highest BCUT2D eigenvalue weighted by Gasteiger charge is 2.05. The third kappa shape index (κ3) is 7.57. The molecule has 0 aliphatic heterocycles. The Balaban J connectivity index is 1.51. The number of amides is 2. The van der Waals surface area contributed by atoms with Crippen LogP contribution in [0.1, 0.15) is 35.2 Å². The Labute approximate surface area is 158 Å². The first kappa shape index (κ1) is 19.9. The molecule has 1 aromatic carbocycles. The lowest BCUT2D eigenvalue weighted by Gasteiger charge is -2.08. The van der Waals surface area contributed by atoms with E-state index in [0.29, 0.717) is 49.4 Å². The van der Waals surface area contributed by atoms with Gasteiger partial charge in [-0.15, -0.1) is 0 Å². The van der Waals surface area contributed by atoms with Crippen LogP contribution in [-0.4, -0.2) is 36.5 Å². The summed E-state index contributed by atoms with van der Waals surface area (Å²) < 4.78 is 5.56. The Hall–Kier alpha value is -3.40. The number of ether oxygens (including phenoxy) is 1. The Morgan fingerprint density at radius 1 is 1.11 bits per heavy atom. The Bertz CT molecular complexity index is 787. The van der Waals surface area contributed by atoms with Crippen LogP contribution in [0, 0.1) is 11.3 Å². The molecule has 0 spiro atoms. The van der Waals surface area contributed by atoms with Crippen LogP contribution in [0.2, 0.25) is 0 Å². The molecule has 2 aromatic rings. The zero-order valence-electron chi connectivity index (χ0n) is 15.0. The molecule has 0 unspecified atom stereocenters. The monoisotopic (exact) mass is 366 g/mol. The topological polar surface area (TPSA) is 104 Å². The zero-order valence-corrected chi connectivity index (χ0v) is 15.0. The number of unbranched alkanes of at least 4 members (excludes halogenated alkanes) is 1. The average molecular weight is 366 g/mol.